The molecule has 1 amide bonds. The standard InChI is InChI=1S/C21H21BrN2O3/c1-13-4-9-20(19(22)10-13)23-21(25)11-16-5-7-17(8-6-16)26-12-18-14(2)24-27-15(18)3/h4-10H,11-12H2,1-3H3,(H,23,25). The summed E-state index contributed by atoms with van der Waals surface area (Å²) in [6.07, 6.45) is 0.296. The van der Waals surface area contributed by atoms with Crippen LogP contribution in [0.2, 0.25) is 0 Å². The number of halogens is 1. The molecule has 0 radical (unpaired) electrons. The lowest BCUT2D eigenvalue weighted by Crippen LogP contribution is -2.14. The second-order valence-electron chi connectivity index (χ2n) is 6.44. The molecule has 140 valence electrons. The monoisotopic (exact) mass is 428 g/mol. The second kappa shape index (κ2) is 8.39. The summed E-state index contributed by atoms with van der Waals surface area (Å²) in [4.78, 5) is 12.3. The van der Waals surface area contributed by atoms with Gasteiger partial charge in [0, 0.05) is 4.47 Å². The van der Waals surface area contributed by atoms with E-state index in [0.717, 1.165) is 44.1 Å². The van der Waals surface area contributed by atoms with Gasteiger partial charge < -0.3 is 14.6 Å². The lowest BCUT2D eigenvalue weighted by atomic mass is 10.1. The van der Waals surface area contributed by atoms with Crippen LogP contribution in [-0.2, 0) is 17.8 Å². The predicted octanol–water partition coefficient (Wildman–Crippen LogP) is 5.12. The van der Waals surface area contributed by atoms with Crippen LogP contribution in [0, 0.1) is 20.8 Å². The van der Waals surface area contributed by atoms with Gasteiger partial charge in [0.25, 0.3) is 0 Å². The highest BCUT2D eigenvalue weighted by molar-refractivity contribution is 9.10. The first-order chi connectivity index (χ1) is 12.9. The summed E-state index contributed by atoms with van der Waals surface area (Å²) in [5.41, 5.74) is 4.61. The number of anilines is 1. The van der Waals surface area contributed by atoms with E-state index in [0.29, 0.717) is 13.0 Å². The normalized spacial score (nSPS) is 10.7. The number of hydrogen-bond donors (Lipinski definition) is 1. The van der Waals surface area contributed by atoms with Gasteiger partial charge in [-0.1, -0.05) is 23.4 Å². The first-order valence-electron chi connectivity index (χ1n) is 8.62. The van der Waals surface area contributed by atoms with Crippen molar-refractivity contribution in [3.63, 3.8) is 0 Å². The molecule has 0 atom stereocenters. The molecule has 0 bridgehead atoms. The highest BCUT2D eigenvalue weighted by Crippen LogP contribution is 2.24. The van der Waals surface area contributed by atoms with Crippen molar-refractivity contribution in [3.05, 3.63) is 75.1 Å². The summed E-state index contributed by atoms with van der Waals surface area (Å²) in [6, 6.07) is 13.3. The molecule has 3 aromatic rings. The van der Waals surface area contributed by atoms with E-state index < -0.39 is 0 Å². The minimum absolute atomic E-state index is 0.0658. The molecule has 1 aromatic heterocycles. The van der Waals surface area contributed by atoms with Crippen LogP contribution in [0.15, 0.2) is 51.5 Å². The summed E-state index contributed by atoms with van der Waals surface area (Å²) in [5.74, 6) is 1.44. The number of nitrogens with one attached hydrogen (secondary N) is 1. The first-order valence-corrected chi connectivity index (χ1v) is 9.41. The quantitative estimate of drug-likeness (QED) is 0.591. The van der Waals surface area contributed by atoms with Gasteiger partial charge in [-0.15, -0.1) is 0 Å². The fourth-order valence-electron chi connectivity index (χ4n) is 2.67. The van der Waals surface area contributed by atoms with Crippen LogP contribution in [0.1, 0.15) is 28.1 Å². The van der Waals surface area contributed by atoms with Crippen molar-refractivity contribution in [3.8, 4) is 5.75 Å². The molecule has 1 N–H and O–H groups in total. The Labute approximate surface area is 166 Å². The van der Waals surface area contributed by atoms with E-state index in [4.69, 9.17) is 9.26 Å². The van der Waals surface area contributed by atoms with Crippen LogP contribution in [0.5, 0.6) is 5.75 Å². The zero-order valence-electron chi connectivity index (χ0n) is 15.5. The number of aromatic nitrogens is 1. The van der Waals surface area contributed by atoms with Crippen LogP contribution in [0.3, 0.4) is 0 Å². The van der Waals surface area contributed by atoms with Crippen molar-refractivity contribution >= 4 is 27.5 Å². The van der Waals surface area contributed by atoms with Crippen LogP contribution in [0.4, 0.5) is 5.69 Å². The zero-order chi connectivity index (χ0) is 19.4. The van der Waals surface area contributed by atoms with Gasteiger partial charge in [-0.3, -0.25) is 4.79 Å². The first kappa shape index (κ1) is 19.2. The average molecular weight is 429 g/mol. The number of rotatable bonds is 6. The van der Waals surface area contributed by atoms with Gasteiger partial charge in [0.05, 0.1) is 23.4 Å². The van der Waals surface area contributed by atoms with Crippen molar-refractivity contribution < 1.29 is 14.1 Å². The topological polar surface area (TPSA) is 64.4 Å². The summed E-state index contributed by atoms with van der Waals surface area (Å²) < 4.78 is 11.8. The SMILES string of the molecule is Cc1ccc(NC(=O)Cc2ccc(OCc3c(C)noc3C)cc2)c(Br)c1. The molecule has 5 nitrogen and oxygen atoms in total. The number of carbonyl (C=O) groups excluding carboxylic acids is 1. The largest absolute Gasteiger partial charge is 0.489 e. The van der Waals surface area contributed by atoms with E-state index in [9.17, 15) is 4.79 Å². The Hall–Kier alpha value is -2.60. The summed E-state index contributed by atoms with van der Waals surface area (Å²) in [5, 5.41) is 6.84. The van der Waals surface area contributed by atoms with E-state index in [1.807, 2.05) is 63.2 Å². The highest BCUT2D eigenvalue weighted by Gasteiger charge is 2.10. The number of benzene rings is 2. The molecular weight excluding hydrogens is 408 g/mol. The van der Waals surface area contributed by atoms with Gasteiger partial charge >= 0.3 is 0 Å². The number of nitrogens with zero attached hydrogens (tertiary/aromatic N) is 1. The Morgan fingerprint density at radius 1 is 1.15 bits per heavy atom. The Kier molecular flexibility index (Phi) is 5.96. The third-order valence-electron chi connectivity index (χ3n) is 4.25. The molecule has 0 spiro atoms. The summed E-state index contributed by atoms with van der Waals surface area (Å²) in [7, 11) is 0. The number of hydrogen-bond acceptors (Lipinski definition) is 4. The molecule has 0 aliphatic rings. The summed E-state index contributed by atoms with van der Waals surface area (Å²) >= 11 is 3.47. The van der Waals surface area contributed by atoms with Crippen LogP contribution in [0.25, 0.3) is 0 Å². The molecule has 6 heteroatoms. The maximum absolute atomic E-state index is 12.3. The molecule has 0 saturated heterocycles. The fourth-order valence-corrected chi connectivity index (χ4v) is 3.26. The molecular formula is C21H21BrN2O3. The van der Waals surface area contributed by atoms with E-state index in [1.54, 1.807) is 0 Å². The van der Waals surface area contributed by atoms with Gasteiger partial charge in [0.1, 0.15) is 18.1 Å². The molecule has 3 rings (SSSR count). The van der Waals surface area contributed by atoms with Crippen molar-refractivity contribution in [2.75, 3.05) is 5.32 Å². The molecule has 2 aromatic carbocycles. The molecule has 0 fully saturated rings. The molecule has 0 unspecified atom stereocenters. The van der Waals surface area contributed by atoms with Crippen molar-refractivity contribution in [1.29, 1.82) is 0 Å². The van der Waals surface area contributed by atoms with Crippen molar-refractivity contribution in [1.82, 2.24) is 5.16 Å². The minimum atomic E-state index is -0.0658. The molecule has 0 saturated carbocycles. The lowest BCUT2D eigenvalue weighted by Gasteiger charge is -2.09. The van der Waals surface area contributed by atoms with E-state index >= 15 is 0 Å². The minimum Gasteiger partial charge on any atom is -0.489 e. The third-order valence-corrected chi connectivity index (χ3v) is 4.91. The number of aryl methyl sites for hydroxylation is 3. The van der Waals surface area contributed by atoms with Crippen molar-refractivity contribution in [2.24, 2.45) is 0 Å². The zero-order valence-corrected chi connectivity index (χ0v) is 17.1. The van der Waals surface area contributed by atoms with E-state index in [1.165, 1.54) is 0 Å². The number of carbonyl (C=O) groups is 1. The Morgan fingerprint density at radius 3 is 2.52 bits per heavy atom. The maximum atomic E-state index is 12.3. The predicted molar refractivity (Wildman–Crippen MR) is 108 cm³/mol. The Bertz CT molecular complexity index is 929. The van der Waals surface area contributed by atoms with Crippen LogP contribution in [-0.4, -0.2) is 11.1 Å². The van der Waals surface area contributed by atoms with E-state index in [2.05, 4.69) is 26.4 Å². The van der Waals surface area contributed by atoms with E-state index in [-0.39, 0.29) is 5.91 Å². The van der Waals surface area contributed by atoms with Gasteiger partial charge in [0.15, 0.2) is 0 Å². The third kappa shape index (κ3) is 4.98. The smallest absolute Gasteiger partial charge is 0.228 e. The number of ether oxygens (including phenoxy) is 1. The van der Waals surface area contributed by atoms with Gasteiger partial charge in [-0.05, 0) is 72.1 Å². The van der Waals surface area contributed by atoms with Crippen LogP contribution >= 0.6 is 15.9 Å². The molecule has 0 aliphatic heterocycles. The van der Waals surface area contributed by atoms with Gasteiger partial charge in [-0.25, -0.2) is 0 Å². The van der Waals surface area contributed by atoms with Crippen LogP contribution < -0.4 is 10.1 Å². The number of amides is 1. The van der Waals surface area contributed by atoms with Crippen molar-refractivity contribution in [2.45, 2.75) is 33.8 Å². The van der Waals surface area contributed by atoms with Gasteiger partial charge in [0.2, 0.25) is 5.91 Å². The summed E-state index contributed by atoms with van der Waals surface area (Å²) in [6.45, 7) is 6.17. The average Bonchev–Trinajstić information content (AvgIpc) is 2.95. The Morgan fingerprint density at radius 2 is 1.89 bits per heavy atom. The lowest BCUT2D eigenvalue weighted by molar-refractivity contribution is -0.115. The molecule has 27 heavy (non-hydrogen) atoms. The molecule has 1 heterocycles. The Balaban J connectivity index is 1.56. The second-order valence-corrected chi connectivity index (χ2v) is 7.30. The fraction of sp³-hybridized carbons (Fsp3) is 0.238. The molecule has 0 aliphatic carbocycles. The van der Waals surface area contributed by atoms with Gasteiger partial charge in [-0.2, -0.15) is 0 Å². The highest BCUT2D eigenvalue weighted by atomic mass is 79.9. The maximum Gasteiger partial charge on any atom is 0.228 e.